The van der Waals surface area contributed by atoms with Gasteiger partial charge in [-0.1, -0.05) is 25.1 Å². The molecule has 1 amide bonds. The largest absolute Gasteiger partial charge is 0.351 e. The van der Waals surface area contributed by atoms with Crippen LogP contribution in [0.2, 0.25) is 0 Å². The van der Waals surface area contributed by atoms with E-state index in [0.29, 0.717) is 36.9 Å². The Balaban J connectivity index is 1.73. The van der Waals surface area contributed by atoms with Crippen LogP contribution in [-0.4, -0.2) is 32.2 Å². The average molecular weight is 353 g/mol. The number of aryl methyl sites for hydroxylation is 2. The van der Waals surface area contributed by atoms with Crippen molar-refractivity contribution >= 4 is 5.91 Å². The first-order chi connectivity index (χ1) is 12.6. The number of carbonyl (C=O) groups excluding carboxylic acids is 1. The van der Waals surface area contributed by atoms with Crippen LogP contribution in [0, 0.1) is 12.7 Å². The lowest BCUT2D eigenvalue weighted by Gasteiger charge is -2.07. The zero-order valence-corrected chi connectivity index (χ0v) is 14.7. The Bertz CT molecular complexity index is 922. The van der Waals surface area contributed by atoms with Crippen molar-refractivity contribution in [2.24, 2.45) is 0 Å². The van der Waals surface area contributed by atoms with E-state index in [1.807, 2.05) is 32.0 Å². The molecule has 2 heterocycles. The smallest absolute Gasteiger partial charge is 0.254 e. The molecule has 0 saturated heterocycles. The van der Waals surface area contributed by atoms with Gasteiger partial charge in [0.15, 0.2) is 11.6 Å². The number of amides is 1. The fourth-order valence-corrected chi connectivity index (χ4v) is 2.56. The minimum Gasteiger partial charge on any atom is -0.351 e. The van der Waals surface area contributed by atoms with Gasteiger partial charge in [0.25, 0.3) is 5.91 Å². The molecular weight excluding hydrogens is 333 g/mol. The quantitative estimate of drug-likeness (QED) is 0.739. The number of halogens is 1. The fraction of sp³-hybridized carbons (Fsp3) is 0.263. The number of hydrogen-bond acceptors (Lipinski definition) is 4. The minimum absolute atomic E-state index is 0.0311. The predicted molar refractivity (Wildman–Crippen MR) is 95.7 cm³/mol. The van der Waals surface area contributed by atoms with E-state index in [2.05, 4.69) is 20.4 Å². The highest BCUT2D eigenvalue weighted by atomic mass is 19.1. The summed E-state index contributed by atoms with van der Waals surface area (Å²) in [5.41, 5.74) is 0.915. The normalized spacial score (nSPS) is 10.7. The minimum atomic E-state index is -0.537. The van der Waals surface area contributed by atoms with Gasteiger partial charge < -0.3 is 5.32 Å². The van der Waals surface area contributed by atoms with Crippen LogP contribution in [0.1, 0.15) is 34.6 Å². The summed E-state index contributed by atoms with van der Waals surface area (Å²) in [7, 11) is 0. The van der Waals surface area contributed by atoms with Crippen LogP contribution in [0.4, 0.5) is 4.39 Å². The number of nitrogens with zero attached hydrogens (tertiary/aromatic N) is 4. The Hall–Kier alpha value is -3.09. The number of aromatic nitrogens is 4. The van der Waals surface area contributed by atoms with Crippen LogP contribution in [0.5, 0.6) is 0 Å². The molecule has 0 unspecified atom stereocenters. The Kier molecular flexibility index (Phi) is 5.36. The van der Waals surface area contributed by atoms with E-state index in [1.165, 1.54) is 12.1 Å². The zero-order chi connectivity index (χ0) is 18.5. The van der Waals surface area contributed by atoms with Gasteiger partial charge >= 0.3 is 0 Å². The standard InChI is InChI=1S/C19H20FN5O/c1-3-16-23-18(25(24-16)17-10-6-7-13(2)22-17)11-12-21-19(26)14-8-4-5-9-15(14)20/h4-10H,3,11-12H2,1-2H3,(H,21,26). The molecule has 0 aliphatic heterocycles. The number of benzene rings is 1. The molecule has 0 saturated carbocycles. The van der Waals surface area contributed by atoms with Gasteiger partial charge in [-0.25, -0.2) is 14.4 Å². The Morgan fingerprint density at radius 1 is 1.15 bits per heavy atom. The molecule has 26 heavy (non-hydrogen) atoms. The summed E-state index contributed by atoms with van der Waals surface area (Å²) in [6.45, 7) is 4.21. The predicted octanol–water partition coefficient (Wildman–Crippen LogP) is 2.64. The van der Waals surface area contributed by atoms with Crippen LogP contribution in [-0.2, 0) is 12.8 Å². The molecule has 2 aromatic heterocycles. The molecule has 6 nitrogen and oxygen atoms in total. The van der Waals surface area contributed by atoms with Crippen molar-refractivity contribution in [3.05, 3.63) is 71.2 Å². The maximum atomic E-state index is 13.7. The second-order valence-corrected chi connectivity index (χ2v) is 5.83. The molecule has 134 valence electrons. The van der Waals surface area contributed by atoms with Crippen molar-refractivity contribution in [1.29, 1.82) is 0 Å². The maximum Gasteiger partial charge on any atom is 0.254 e. The summed E-state index contributed by atoms with van der Waals surface area (Å²) in [5.74, 6) is 1.12. The second-order valence-electron chi connectivity index (χ2n) is 5.83. The Morgan fingerprint density at radius 2 is 1.96 bits per heavy atom. The van der Waals surface area contributed by atoms with Crippen LogP contribution in [0.25, 0.3) is 5.82 Å². The Labute approximate surface area is 151 Å². The van der Waals surface area contributed by atoms with E-state index in [-0.39, 0.29) is 5.56 Å². The van der Waals surface area contributed by atoms with Gasteiger partial charge in [0.2, 0.25) is 0 Å². The summed E-state index contributed by atoms with van der Waals surface area (Å²) >= 11 is 0. The van der Waals surface area contributed by atoms with Gasteiger partial charge in [0.1, 0.15) is 11.6 Å². The molecule has 0 atom stereocenters. The number of pyridine rings is 1. The average Bonchev–Trinajstić information content (AvgIpc) is 3.05. The molecule has 0 aliphatic rings. The summed E-state index contributed by atoms with van der Waals surface area (Å²) in [6.07, 6.45) is 1.16. The highest BCUT2D eigenvalue weighted by Gasteiger charge is 2.14. The molecule has 3 rings (SSSR count). The van der Waals surface area contributed by atoms with E-state index < -0.39 is 11.7 Å². The summed E-state index contributed by atoms with van der Waals surface area (Å²) in [4.78, 5) is 21.1. The first kappa shape index (κ1) is 17.7. The molecule has 0 aliphatic carbocycles. The first-order valence-electron chi connectivity index (χ1n) is 8.50. The van der Waals surface area contributed by atoms with Gasteiger partial charge in [0.05, 0.1) is 5.56 Å². The monoisotopic (exact) mass is 353 g/mol. The van der Waals surface area contributed by atoms with Gasteiger partial charge in [-0.05, 0) is 31.2 Å². The van der Waals surface area contributed by atoms with E-state index in [0.717, 1.165) is 5.69 Å². The lowest BCUT2D eigenvalue weighted by Crippen LogP contribution is -2.27. The van der Waals surface area contributed by atoms with Crippen molar-refractivity contribution < 1.29 is 9.18 Å². The van der Waals surface area contributed by atoms with Crippen LogP contribution in [0.3, 0.4) is 0 Å². The molecule has 0 radical (unpaired) electrons. The Morgan fingerprint density at radius 3 is 2.69 bits per heavy atom. The third-order valence-electron chi connectivity index (χ3n) is 3.88. The van der Waals surface area contributed by atoms with Crippen molar-refractivity contribution in [2.45, 2.75) is 26.7 Å². The van der Waals surface area contributed by atoms with Crippen molar-refractivity contribution in [1.82, 2.24) is 25.1 Å². The highest BCUT2D eigenvalue weighted by Crippen LogP contribution is 2.10. The summed E-state index contributed by atoms with van der Waals surface area (Å²) < 4.78 is 15.4. The second kappa shape index (κ2) is 7.86. The molecule has 1 N–H and O–H groups in total. The van der Waals surface area contributed by atoms with E-state index >= 15 is 0 Å². The molecular formula is C19H20FN5O. The molecule has 0 fully saturated rings. The topological polar surface area (TPSA) is 72.7 Å². The maximum absolute atomic E-state index is 13.7. The molecule has 1 aromatic carbocycles. The number of carbonyl (C=O) groups is 1. The van der Waals surface area contributed by atoms with Crippen LogP contribution < -0.4 is 5.32 Å². The van der Waals surface area contributed by atoms with Crippen molar-refractivity contribution in [3.63, 3.8) is 0 Å². The summed E-state index contributed by atoms with van der Waals surface area (Å²) in [5, 5.41) is 7.21. The number of rotatable bonds is 6. The van der Waals surface area contributed by atoms with Crippen LogP contribution in [0.15, 0.2) is 42.5 Å². The zero-order valence-electron chi connectivity index (χ0n) is 14.7. The van der Waals surface area contributed by atoms with E-state index in [1.54, 1.807) is 16.8 Å². The first-order valence-corrected chi connectivity index (χ1v) is 8.50. The van der Waals surface area contributed by atoms with Gasteiger partial charge in [-0.3, -0.25) is 4.79 Å². The number of nitrogens with one attached hydrogen (secondary N) is 1. The third kappa shape index (κ3) is 3.93. The molecule has 0 bridgehead atoms. The number of hydrogen-bond donors (Lipinski definition) is 1. The third-order valence-corrected chi connectivity index (χ3v) is 3.88. The van der Waals surface area contributed by atoms with Gasteiger partial charge in [-0.15, -0.1) is 5.10 Å². The molecule has 0 spiro atoms. The molecule has 7 heteroatoms. The van der Waals surface area contributed by atoms with Crippen molar-refractivity contribution in [2.75, 3.05) is 6.54 Å². The van der Waals surface area contributed by atoms with Gasteiger partial charge in [0, 0.05) is 25.1 Å². The fourth-order valence-electron chi connectivity index (χ4n) is 2.56. The van der Waals surface area contributed by atoms with E-state index in [4.69, 9.17) is 0 Å². The van der Waals surface area contributed by atoms with Gasteiger partial charge in [-0.2, -0.15) is 4.68 Å². The van der Waals surface area contributed by atoms with Crippen molar-refractivity contribution in [3.8, 4) is 5.82 Å². The SMILES string of the molecule is CCc1nc(CCNC(=O)c2ccccc2F)n(-c2cccc(C)n2)n1. The lowest BCUT2D eigenvalue weighted by atomic mass is 10.2. The molecule has 3 aromatic rings. The van der Waals surface area contributed by atoms with Crippen LogP contribution >= 0.6 is 0 Å². The van der Waals surface area contributed by atoms with E-state index in [9.17, 15) is 9.18 Å². The lowest BCUT2D eigenvalue weighted by molar-refractivity contribution is 0.0950. The highest BCUT2D eigenvalue weighted by molar-refractivity contribution is 5.94. The summed E-state index contributed by atoms with van der Waals surface area (Å²) in [6, 6.07) is 11.6.